The first kappa shape index (κ1) is 18.5. The molecule has 0 unspecified atom stereocenters. The summed E-state index contributed by atoms with van der Waals surface area (Å²) in [5.41, 5.74) is 7.52. The van der Waals surface area contributed by atoms with Crippen molar-refractivity contribution in [3.05, 3.63) is 59.7 Å². The minimum absolute atomic E-state index is 0.218. The molecule has 0 spiro atoms. The van der Waals surface area contributed by atoms with Crippen LogP contribution in [0.15, 0.2) is 48.5 Å². The molecule has 132 valence electrons. The zero-order chi connectivity index (χ0) is 18.1. The summed E-state index contributed by atoms with van der Waals surface area (Å²) in [6, 6.07) is 14.5. The molecule has 0 atom stereocenters. The smallest absolute Gasteiger partial charge is 0.255 e. The number of benzene rings is 2. The van der Waals surface area contributed by atoms with Crippen LogP contribution in [-0.2, 0) is 11.2 Å². The first-order valence-corrected chi connectivity index (χ1v) is 8.50. The summed E-state index contributed by atoms with van der Waals surface area (Å²) in [4.78, 5) is 23.1. The van der Waals surface area contributed by atoms with E-state index in [0.717, 1.165) is 12.1 Å². The molecule has 0 saturated carbocycles. The molecule has 2 rings (SSSR count). The average molecular weight is 340 g/mol. The predicted molar refractivity (Wildman–Crippen MR) is 98.8 cm³/mol. The molecule has 0 aliphatic heterocycles. The molecule has 2 amide bonds. The molecule has 0 aliphatic rings. The van der Waals surface area contributed by atoms with Gasteiger partial charge in [0, 0.05) is 11.3 Å². The topological polar surface area (TPSA) is 81.4 Å². The first-order chi connectivity index (χ1) is 12.1. The van der Waals surface area contributed by atoms with Crippen molar-refractivity contribution in [3.8, 4) is 5.75 Å². The monoisotopic (exact) mass is 340 g/mol. The number of carbonyl (C=O) groups excluding carboxylic acids is 2. The molecule has 0 radical (unpaired) electrons. The second-order valence-electron chi connectivity index (χ2n) is 5.89. The lowest BCUT2D eigenvalue weighted by Crippen LogP contribution is -2.20. The van der Waals surface area contributed by atoms with Gasteiger partial charge in [0.1, 0.15) is 5.75 Å². The van der Waals surface area contributed by atoms with Gasteiger partial charge in [-0.15, -0.1) is 0 Å². The highest BCUT2D eigenvalue weighted by Crippen LogP contribution is 2.16. The van der Waals surface area contributed by atoms with Gasteiger partial charge in [-0.25, -0.2) is 0 Å². The maximum atomic E-state index is 12.3. The molecular formula is C20H24N2O3. The van der Waals surface area contributed by atoms with Gasteiger partial charge in [0.2, 0.25) is 0 Å². The minimum atomic E-state index is -0.561. The molecule has 0 saturated heterocycles. The number of anilines is 1. The van der Waals surface area contributed by atoms with Crippen LogP contribution in [0.4, 0.5) is 5.69 Å². The van der Waals surface area contributed by atoms with Gasteiger partial charge in [0.05, 0.1) is 0 Å². The van der Waals surface area contributed by atoms with Gasteiger partial charge < -0.3 is 15.8 Å². The van der Waals surface area contributed by atoms with Gasteiger partial charge >= 0.3 is 0 Å². The van der Waals surface area contributed by atoms with E-state index in [1.807, 2.05) is 24.3 Å². The number of unbranched alkanes of at least 4 members (excludes halogenated alkanes) is 2. The second kappa shape index (κ2) is 9.47. The number of rotatable bonds is 9. The normalized spacial score (nSPS) is 10.3. The van der Waals surface area contributed by atoms with Crippen molar-refractivity contribution < 1.29 is 14.3 Å². The summed E-state index contributed by atoms with van der Waals surface area (Å²) >= 11 is 0. The SMILES string of the molecule is CCCCCc1ccc(NC(=O)c2cccc(OCC(N)=O)c2)cc1. The van der Waals surface area contributed by atoms with Gasteiger partial charge in [-0.05, 0) is 48.7 Å². The highest BCUT2D eigenvalue weighted by molar-refractivity contribution is 6.04. The molecule has 0 aliphatic carbocycles. The number of aryl methyl sites for hydroxylation is 1. The molecule has 5 nitrogen and oxygen atoms in total. The Morgan fingerprint density at radius 3 is 2.52 bits per heavy atom. The molecule has 5 heteroatoms. The quantitative estimate of drug-likeness (QED) is 0.685. The number of ether oxygens (including phenoxy) is 1. The Kier molecular flexibility index (Phi) is 7.01. The van der Waals surface area contributed by atoms with Crippen molar-refractivity contribution in [3.63, 3.8) is 0 Å². The molecule has 2 aromatic carbocycles. The van der Waals surface area contributed by atoms with Crippen molar-refractivity contribution >= 4 is 17.5 Å². The fourth-order valence-corrected chi connectivity index (χ4v) is 2.42. The second-order valence-corrected chi connectivity index (χ2v) is 5.89. The van der Waals surface area contributed by atoms with E-state index >= 15 is 0 Å². The Balaban J connectivity index is 1.95. The van der Waals surface area contributed by atoms with Gasteiger partial charge in [0.15, 0.2) is 6.61 Å². The number of carbonyl (C=O) groups is 2. The minimum Gasteiger partial charge on any atom is -0.484 e. The van der Waals surface area contributed by atoms with Crippen LogP contribution in [0.3, 0.4) is 0 Å². The van der Waals surface area contributed by atoms with Crippen LogP contribution < -0.4 is 15.8 Å². The largest absolute Gasteiger partial charge is 0.484 e. The Labute approximate surface area is 148 Å². The summed E-state index contributed by atoms with van der Waals surface area (Å²) in [6.45, 7) is 1.97. The number of amides is 2. The maximum absolute atomic E-state index is 12.3. The van der Waals surface area contributed by atoms with Crippen LogP contribution in [0, 0.1) is 0 Å². The number of hydrogen-bond acceptors (Lipinski definition) is 3. The highest BCUT2D eigenvalue weighted by atomic mass is 16.5. The molecule has 0 bridgehead atoms. The van der Waals surface area contributed by atoms with E-state index in [-0.39, 0.29) is 12.5 Å². The Morgan fingerprint density at radius 2 is 1.84 bits per heavy atom. The maximum Gasteiger partial charge on any atom is 0.255 e. The number of nitrogens with one attached hydrogen (secondary N) is 1. The number of nitrogens with two attached hydrogens (primary N) is 1. The fourth-order valence-electron chi connectivity index (χ4n) is 2.42. The van der Waals surface area contributed by atoms with Crippen LogP contribution >= 0.6 is 0 Å². The van der Waals surface area contributed by atoms with Crippen LogP contribution in [-0.4, -0.2) is 18.4 Å². The van der Waals surface area contributed by atoms with E-state index in [9.17, 15) is 9.59 Å². The fraction of sp³-hybridized carbons (Fsp3) is 0.300. The van der Waals surface area contributed by atoms with E-state index in [1.54, 1.807) is 24.3 Å². The summed E-state index contributed by atoms with van der Waals surface area (Å²) in [5.74, 6) is -0.366. The molecule has 0 fully saturated rings. The predicted octanol–water partition coefficient (Wildman–Crippen LogP) is 3.54. The van der Waals surface area contributed by atoms with Crippen LogP contribution in [0.5, 0.6) is 5.75 Å². The van der Waals surface area contributed by atoms with E-state index in [0.29, 0.717) is 11.3 Å². The van der Waals surface area contributed by atoms with E-state index in [2.05, 4.69) is 12.2 Å². The molecular weight excluding hydrogens is 316 g/mol. The summed E-state index contributed by atoms with van der Waals surface area (Å²) < 4.78 is 5.22. The lowest BCUT2D eigenvalue weighted by molar-refractivity contribution is -0.119. The third-order valence-corrected chi connectivity index (χ3v) is 3.76. The lowest BCUT2D eigenvalue weighted by Gasteiger charge is -2.08. The third kappa shape index (κ3) is 6.30. The van der Waals surface area contributed by atoms with Gasteiger partial charge in [-0.3, -0.25) is 9.59 Å². The summed E-state index contributed by atoms with van der Waals surface area (Å²) in [5, 5.41) is 2.86. The van der Waals surface area contributed by atoms with Crippen molar-refractivity contribution in [1.82, 2.24) is 0 Å². The first-order valence-electron chi connectivity index (χ1n) is 8.50. The molecule has 0 heterocycles. The Morgan fingerprint density at radius 1 is 1.08 bits per heavy atom. The van der Waals surface area contributed by atoms with E-state index < -0.39 is 5.91 Å². The molecule has 3 N–H and O–H groups in total. The molecule has 2 aromatic rings. The van der Waals surface area contributed by atoms with E-state index in [4.69, 9.17) is 10.5 Å². The lowest BCUT2D eigenvalue weighted by atomic mass is 10.1. The summed E-state index contributed by atoms with van der Waals surface area (Å²) in [6.07, 6.45) is 4.67. The van der Waals surface area contributed by atoms with Crippen molar-refractivity contribution in [1.29, 1.82) is 0 Å². The standard InChI is InChI=1S/C20H24N2O3/c1-2-3-4-6-15-9-11-17(12-10-15)22-20(24)16-7-5-8-18(13-16)25-14-19(21)23/h5,7-13H,2-4,6,14H2,1H3,(H2,21,23)(H,22,24). The summed E-state index contributed by atoms with van der Waals surface area (Å²) in [7, 11) is 0. The van der Waals surface area contributed by atoms with Crippen molar-refractivity contribution in [2.45, 2.75) is 32.6 Å². The van der Waals surface area contributed by atoms with Crippen LogP contribution in [0.1, 0.15) is 42.1 Å². The number of primary amides is 1. The third-order valence-electron chi connectivity index (χ3n) is 3.76. The zero-order valence-corrected chi connectivity index (χ0v) is 14.5. The Hall–Kier alpha value is -2.82. The van der Waals surface area contributed by atoms with E-state index in [1.165, 1.54) is 24.8 Å². The van der Waals surface area contributed by atoms with Gasteiger partial charge in [-0.1, -0.05) is 38.0 Å². The van der Waals surface area contributed by atoms with Crippen molar-refractivity contribution in [2.75, 3.05) is 11.9 Å². The van der Waals surface area contributed by atoms with Crippen LogP contribution in [0.2, 0.25) is 0 Å². The molecule has 0 aromatic heterocycles. The Bertz CT molecular complexity index is 711. The average Bonchev–Trinajstić information content (AvgIpc) is 2.62. The van der Waals surface area contributed by atoms with Gasteiger partial charge in [0.25, 0.3) is 11.8 Å². The van der Waals surface area contributed by atoms with Crippen molar-refractivity contribution in [2.24, 2.45) is 5.73 Å². The number of hydrogen-bond donors (Lipinski definition) is 2. The zero-order valence-electron chi connectivity index (χ0n) is 14.5. The van der Waals surface area contributed by atoms with Crippen LogP contribution in [0.25, 0.3) is 0 Å². The van der Waals surface area contributed by atoms with Gasteiger partial charge in [-0.2, -0.15) is 0 Å². The highest BCUT2D eigenvalue weighted by Gasteiger charge is 2.08. The molecule has 25 heavy (non-hydrogen) atoms.